The first-order valence-electron chi connectivity index (χ1n) is 11.4. The van der Waals surface area contributed by atoms with Gasteiger partial charge in [-0.3, -0.25) is 9.59 Å². The summed E-state index contributed by atoms with van der Waals surface area (Å²) in [5, 5.41) is 2.65. The van der Waals surface area contributed by atoms with E-state index < -0.39 is 47.2 Å². The minimum atomic E-state index is -2.36. The molecule has 37 heavy (non-hydrogen) atoms. The van der Waals surface area contributed by atoms with Crippen LogP contribution < -0.4 is 15.8 Å². The van der Waals surface area contributed by atoms with Crippen molar-refractivity contribution in [2.24, 2.45) is 5.73 Å². The molecule has 1 aromatic rings. The molecular formula is C22H31F5N2O8. The average Bonchev–Trinajstić information content (AvgIpc) is 2.89. The summed E-state index contributed by atoms with van der Waals surface area (Å²) in [7, 11) is 0. The fraction of sp³-hybridized carbons (Fsp3) is 0.636. The highest BCUT2D eigenvalue weighted by molar-refractivity contribution is 5.75. The van der Waals surface area contributed by atoms with Crippen LogP contribution in [0.4, 0.5) is 22.0 Å². The maximum Gasteiger partial charge on any atom is 0.313 e. The van der Waals surface area contributed by atoms with Crippen LogP contribution in [-0.2, 0) is 33.3 Å². The van der Waals surface area contributed by atoms with Crippen molar-refractivity contribution in [2.45, 2.75) is 12.8 Å². The second-order valence-corrected chi connectivity index (χ2v) is 7.07. The Balaban J connectivity index is 1.98. The molecular weight excluding hydrogens is 515 g/mol. The zero-order valence-corrected chi connectivity index (χ0v) is 20.1. The van der Waals surface area contributed by atoms with Crippen molar-refractivity contribution in [3.8, 4) is 5.75 Å². The standard InChI is InChI=1S/C22H31F5N2O8/c23-17-18(24)20(26)22(21(27)19(17)25)37-16(31)2-6-33-10-9-32-5-1-15(30)29-4-8-35-12-14-36-13-11-34-7-3-28/h1-14,28H2,(H,29,30). The summed E-state index contributed by atoms with van der Waals surface area (Å²) in [6.07, 6.45) is -0.417. The summed E-state index contributed by atoms with van der Waals surface area (Å²) in [5.74, 6) is -14.5. The molecule has 0 aliphatic carbocycles. The van der Waals surface area contributed by atoms with Crippen molar-refractivity contribution in [1.29, 1.82) is 0 Å². The van der Waals surface area contributed by atoms with Crippen LogP contribution in [0.5, 0.6) is 5.75 Å². The van der Waals surface area contributed by atoms with Crippen molar-refractivity contribution in [1.82, 2.24) is 5.32 Å². The third kappa shape index (κ3) is 13.6. The summed E-state index contributed by atoms with van der Waals surface area (Å²) >= 11 is 0. The molecule has 0 unspecified atom stereocenters. The zero-order chi connectivity index (χ0) is 27.5. The van der Waals surface area contributed by atoms with Crippen LogP contribution in [0, 0.1) is 29.1 Å². The topological polar surface area (TPSA) is 128 Å². The number of halogens is 5. The number of rotatable bonds is 21. The van der Waals surface area contributed by atoms with Gasteiger partial charge in [-0.05, 0) is 0 Å². The number of hydrogen-bond donors (Lipinski definition) is 2. The lowest BCUT2D eigenvalue weighted by Crippen LogP contribution is -2.28. The Labute approximate surface area is 210 Å². The van der Waals surface area contributed by atoms with Crippen molar-refractivity contribution >= 4 is 11.9 Å². The highest BCUT2D eigenvalue weighted by atomic mass is 19.2. The molecule has 0 aliphatic rings. The highest BCUT2D eigenvalue weighted by Gasteiger charge is 2.28. The predicted molar refractivity (Wildman–Crippen MR) is 117 cm³/mol. The molecule has 0 saturated carbocycles. The molecule has 0 atom stereocenters. The Morgan fingerprint density at radius 2 is 1.03 bits per heavy atom. The van der Waals surface area contributed by atoms with Crippen molar-refractivity contribution < 1.29 is 60.0 Å². The second-order valence-electron chi connectivity index (χ2n) is 7.07. The molecule has 15 heteroatoms. The number of ether oxygens (including phenoxy) is 6. The van der Waals surface area contributed by atoms with Crippen LogP contribution in [0.3, 0.4) is 0 Å². The Hall–Kier alpha value is -2.43. The monoisotopic (exact) mass is 546 g/mol. The third-order valence-electron chi connectivity index (χ3n) is 4.26. The molecule has 0 radical (unpaired) electrons. The molecule has 0 spiro atoms. The second kappa shape index (κ2) is 19.7. The number of nitrogens with two attached hydrogens (primary N) is 1. The number of nitrogens with one attached hydrogen (secondary N) is 1. The summed E-state index contributed by atoms with van der Waals surface area (Å²) in [5.41, 5.74) is 5.28. The molecule has 0 saturated heterocycles. The van der Waals surface area contributed by atoms with Crippen LogP contribution in [0.15, 0.2) is 0 Å². The maximum absolute atomic E-state index is 13.5. The van der Waals surface area contributed by atoms with Gasteiger partial charge in [-0.15, -0.1) is 0 Å². The summed E-state index contributed by atoms with van der Waals surface area (Å²) in [6, 6.07) is 0. The zero-order valence-electron chi connectivity index (χ0n) is 20.1. The summed E-state index contributed by atoms with van der Waals surface area (Å²) in [4.78, 5) is 23.3. The highest BCUT2D eigenvalue weighted by Crippen LogP contribution is 2.29. The largest absolute Gasteiger partial charge is 0.420 e. The van der Waals surface area contributed by atoms with Gasteiger partial charge >= 0.3 is 5.97 Å². The van der Waals surface area contributed by atoms with Gasteiger partial charge in [0.15, 0.2) is 0 Å². The van der Waals surface area contributed by atoms with E-state index in [0.29, 0.717) is 52.7 Å². The van der Waals surface area contributed by atoms with Crippen LogP contribution >= 0.6 is 0 Å². The van der Waals surface area contributed by atoms with Gasteiger partial charge in [0, 0.05) is 19.5 Å². The average molecular weight is 546 g/mol. The van der Waals surface area contributed by atoms with Crippen molar-refractivity contribution in [3.05, 3.63) is 29.1 Å². The maximum atomic E-state index is 13.5. The first-order valence-corrected chi connectivity index (χ1v) is 11.4. The van der Waals surface area contributed by atoms with Crippen LogP contribution in [-0.4, -0.2) is 91.0 Å². The number of benzene rings is 1. The van der Waals surface area contributed by atoms with Gasteiger partial charge in [0.1, 0.15) is 0 Å². The van der Waals surface area contributed by atoms with E-state index in [0.717, 1.165) is 0 Å². The minimum absolute atomic E-state index is 0.0203. The van der Waals surface area contributed by atoms with Crippen LogP contribution in [0.1, 0.15) is 12.8 Å². The van der Waals surface area contributed by atoms with Crippen molar-refractivity contribution in [3.63, 3.8) is 0 Å². The van der Waals surface area contributed by atoms with Gasteiger partial charge in [-0.2, -0.15) is 8.78 Å². The van der Waals surface area contributed by atoms with Gasteiger partial charge in [-0.25, -0.2) is 13.2 Å². The summed E-state index contributed by atoms with van der Waals surface area (Å²) in [6.45, 7) is 3.24. The van der Waals surface area contributed by atoms with E-state index in [1.165, 1.54) is 0 Å². The third-order valence-corrected chi connectivity index (χ3v) is 4.26. The lowest BCUT2D eigenvalue weighted by atomic mass is 10.2. The quantitative estimate of drug-likeness (QED) is 0.0585. The Morgan fingerprint density at radius 1 is 0.595 bits per heavy atom. The van der Waals surface area contributed by atoms with E-state index in [1.54, 1.807) is 0 Å². The van der Waals surface area contributed by atoms with Crippen LogP contribution in [0.2, 0.25) is 0 Å². The Kier molecular flexibility index (Phi) is 17.3. The van der Waals surface area contributed by atoms with E-state index in [9.17, 15) is 31.5 Å². The van der Waals surface area contributed by atoms with E-state index in [4.69, 9.17) is 29.4 Å². The molecule has 0 bridgehead atoms. The first-order chi connectivity index (χ1) is 17.8. The van der Waals surface area contributed by atoms with Gasteiger partial charge in [0.2, 0.25) is 40.7 Å². The van der Waals surface area contributed by atoms with Crippen molar-refractivity contribution in [2.75, 3.05) is 79.2 Å². The molecule has 1 amide bonds. The smallest absolute Gasteiger partial charge is 0.313 e. The normalized spacial score (nSPS) is 11.1. The van der Waals surface area contributed by atoms with Crippen LogP contribution in [0.25, 0.3) is 0 Å². The Bertz CT molecular complexity index is 806. The molecule has 0 heterocycles. The number of amides is 1. The minimum Gasteiger partial charge on any atom is -0.420 e. The van der Waals surface area contributed by atoms with E-state index >= 15 is 0 Å². The van der Waals surface area contributed by atoms with Gasteiger partial charge < -0.3 is 39.5 Å². The SMILES string of the molecule is NCCOCCOCCOCCNC(=O)CCOCCOCCC(=O)Oc1c(F)c(F)c(F)c(F)c1F. The molecule has 3 N–H and O–H groups in total. The molecule has 0 aromatic heterocycles. The molecule has 0 fully saturated rings. The van der Waals surface area contributed by atoms with E-state index in [-0.39, 0.29) is 38.8 Å². The molecule has 1 rings (SSSR count). The van der Waals surface area contributed by atoms with Gasteiger partial charge in [0.05, 0.1) is 72.5 Å². The molecule has 1 aromatic carbocycles. The fourth-order valence-corrected chi connectivity index (χ4v) is 2.46. The number of carbonyl (C=O) groups is 2. The number of hydrogen-bond acceptors (Lipinski definition) is 9. The van der Waals surface area contributed by atoms with Gasteiger partial charge in [-0.1, -0.05) is 0 Å². The number of esters is 1. The molecule has 0 aliphatic heterocycles. The molecule has 10 nitrogen and oxygen atoms in total. The predicted octanol–water partition coefficient (Wildman–Crippen LogP) is 1.23. The number of carbonyl (C=O) groups excluding carboxylic acids is 2. The van der Waals surface area contributed by atoms with E-state index in [2.05, 4.69) is 10.1 Å². The van der Waals surface area contributed by atoms with E-state index in [1.807, 2.05) is 0 Å². The summed E-state index contributed by atoms with van der Waals surface area (Å²) < 4.78 is 96.3. The first kappa shape index (κ1) is 32.6. The lowest BCUT2D eigenvalue weighted by Gasteiger charge is -2.09. The Morgan fingerprint density at radius 3 is 1.57 bits per heavy atom. The lowest BCUT2D eigenvalue weighted by molar-refractivity contribution is -0.136. The molecule has 212 valence electrons. The van der Waals surface area contributed by atoms with Gasteiger partial charge in [0.25, 0.3) is 0 Å². The fourth-order valence-electron chi connectivity index (χ4n) is 2.46.